The standard InChI is InChI=1S/C23H28N6O2/c1-16-14-19(27-6-10-30-11-7-27)23-25-21(17-2-3-17)22(29(23)26-16)18-4-5-20(24-15-18)28-8-12-31-13-9-28/h4-5,14-15,17H,2-3,6-13H2,1H3. The minimum absolute atomic E-state index is 0.522. The quantitative estimate of drug-likeness (QED) is 0.643. The van der Waals surface area contributed by atoms with Crippen molar-refractivity contribution >= 4 is 17.2 Å². The highest BCUT2D eigenvalue weighted by Gasteiger charge is 2.32. The second-order valence-corrected chi connectivity index (χ2v) is 8.63. The molecule has 2 aliphatic heterocycles. The summed E-state index contributed by atoms with van der Waals surface area (Å²) in [5.74, 6) is 1.53. The number of hydrogen-bond donors (Lipinski definition) is 0. The number of pyridine rings is 1. The Morgan fingerprint density at radius 2 is 1.65 bits per heavy atom. The molecule has 1 saturated carbocycles. The molecule has 3 aliphatic rings. The summed E-state index contributed by atoms with van der Waals surface area (Å²) in [6, 6.07) is 6.45. The van der Waals surface area contributed by atoms with Crippen molar-refractivity contribution in [2.75, 3.05) is 62.4 Å². The number of imidazole rings is 1. The zero-order valence-corrected chi connectivity index (χ0v) is 18.0. The molecule has 2 saturated heterocycles. The third kappa shape index (κ3) is 3.53. The van der Waals surface area contributed by atoms with Crippen molar-refractivity contribution in [1.29, 1.82) is 0 Å². The molecule has 3 fully saturated rings. The summed E-state index contributed by atoms with van der Waals surface area (Å²) in [4.78, 5) is 14.6. The molecule has 0 unspecified atom stereocenters. The maximum Gasteiger partial charge on any atom is 0.178 e. The number of hydrogen-bond acceptors (Lipinski definition) is 7. The van der Waals surface area contributed by atoms with Crippen LogP contribution in [0.1, 0.15) is 30.1 Å². The van der Waals surface area contributed by atoms with Gasteiger partial charge in [-0.15, -0.1) is 0 Å². The van der Waals surface area contributed by atoms with E-state index < -0.39 is 0 Å². The number of fused-ring (bicyclic) bond motifs is 1. The summed E-state index contributed by atoms with van der Waals surface area (Å²) in [7, 11) is 0. The molecule has 1 aliphatic carbocycles. The molecule has 162 valence electrons. The third-order valence-corrected chi connectivity index (χ3v) is 6.39. The highest BCUT2D eigenvalue weighted by Crippen LogP contribution is 2.45. The van der Waals surface area contributed by atoms with E-state index in [0.29, 0.717) is 5.92 Å². The first kappa shape index (κ1) is 19.0. The van der Waals surface area contributed by atoms with Crippen molar-refractivity contribution < 1.29 is 9.47 Å². The van der Waals surface area contributed by atoms with Crippen molar-refractivity contribution in [3.05, 3.63) is 35.8 Å². The zero-order chi connectivity index (χ0) is 20.8. The van der Waals surface area contributed by atoms with Crippen molar-refractivity contribution in [2.45, 2.75) is 25.7 Å². The summed E-state index contributed by atoms with van der Waals surface area (Å²) < 4.78 is 13.1. The Bertz CT molecular complexity index is 1080. The third-order valence-electron chi connectivity index (χ3n) is 6.39. The summed E-state index contributed by atoms with van der Waals surface area (Å²) in [5.41, 5.74) is 6.43. The smallest absolute Gasteiger partial charge is 0.178 e. The fourth-order valence-electron chi connectivity index (χ4n) is 4.60. The fraction of sp³-hybridized carbons (Fsp3) is 0.522. The van der Waals surface area contributed by atoms with Gasteiger partial charge in [-0.3, -0.25) is 0 Å². The normalized spacial score (nSPS) is 19.9. The molecular formula is C23H28N6O2. The molecule has 8 heteroatoms. The molecule has 0 radical (unpaired) electrons. The molecule has 0 N–H and O–H groups in total. The second kappa shape index (κ2) is 7.76. The first-order chi connectivity index (χ1) is 15.3. The molecule has 0 bridgehead atoms. The Morgan fingerprint density at radius 3 is 2.29 bits per heavy atom. The van der Waals surface area contributed by atoms with Crippen LogP contribution < -0.4 is 9.80 Å². The van der Waals surface area contributed by atoms with Crippen LogP contribution in [0.4, 0.5) is 11.5 Å². The van der Waals surface area contributed by atoms with Gasteiger partial charge in [0.25, 0.3) is 0 Å². The molecule has 3 aromatic heterocycles. The van der Waals surface area contributed by atoms with Crippen LogP contribution in [0.25, 0.3) is 16.9 Å². The van der Waals surface area contributed by atoms with Crippen LogP contribution in [0.15, 0.2) is 24.4 Å². The number of aryl methyl sites for hydroxylation is 1. The second-order valence-electron chi connectivity index (χ2n) is 8.63. The van der Waals surface area contributed by atoms with Gasteiger partial charge in [-0.2, -0.15) is 5.10 Å². The molecule has 0 aromatic carbocycles. The summed E-state index contributed by atoms with van der Waals surface area (Å²) >= 11 is 0. The molecule has 3 aromatic rings. The van der Waals surface area contributed by atoms with Gasteiger partial charge in [0.2, 0.25) is 0 Å². The first-order valence-electron chi connectivity index (χ1n) is 11.3. The summed E-state index contributed by atoms with van der Waals surface area (Å²) in [5, 5.41) is 4.89. The molecule has 0 spiro atoms. The molecule has 5 heterocycles. The van der Waals surface area contributed by atoms with Gasteiger partial charge < -0.3 is 19.3 Å². The highest BCUT2D eigenvalue weighted by atomic mass is 16.5. The maximum atomic E-state index is 5.57. The van der Waals surface area contributed by atoms with Crippen LogP contribution in [-0.2, 0) is 9.47 Å². The highest BCUT2D eigenvalue weighted by molar-refractivity contribution is 5.76. The van der Waals surface area contributed by atoms with Gasteiger partial charge in [0.05, 0.1) is 49.2 Å². The average molecular weight is 421 g/mol. The van der Waals surface area contributed by atoms with E-state index in [4.69, 9.17) is 24.5 Å². The van der Waals surface area contributed by atoms with E-state index in [0.717, 1.165) is 92.4 Å². The minimum Gasteiger partial charge on any atom is -0.378 e. The number of ether oxygens (including phenoxy) is 2. The molecule has 31 heavy (non-hydrogen) atoms. The molecule has 0 atom stereocenters. The van der Waals surface area contributed by atoms with Crippen molar-refractivity contribution in [1.82, 2.24) is 19.6 Å². The largest absolute Gasteiger partial charge is 0.378 e. The summed E-state index contributed by atoms with van der Waals surface area (Å²) in [6.45, 7) is 8.63. The number of nitrogens with zero attached hydrogens (tertiary/aromatic N) is 6. The van der Waals surface area contributed by atoms with Crippen molar-refractivity contribution in [3.63, 3.8) is 0 Å². The minimum atomic E-state index is 0.522. The topological polar surface area (TPSA) is 68.0 Å². The van der Waals surface area contributed by atoms with E-state index in [-0.39, 0.29) is 0 Å². The van der Waals surface area contributed by atoms with Crippen LogP contribution in [0.5, 0.6) is 0 Å². The lowest BCUT2D eigenvalue weighted by atomic mass is 10.1. The Hall–Kier alpha value is -2.71. The number of rotatable bonds is 4. The van der Waals surface area contributed by atoms with Crippen molar-refractivity contribution in [2.24, 2.45) is 0 Å². The lowest BCUT2D eigenvalue weighted by Gasteiger charge is -2.29. The lowest BCUT2D eigenvalue weighted by Crippen LogP contribution is -2.36. The Morgan fingerprint density at radius 1 is 0.935 bits per heavy atom. The Kier molecular flexibility index (Phi) is 4.76. The lowest BCUT2D eigenvalue weighted by molar-refractivity contribution is 0.122. The van der Waals surface area contributed by atoms with Crippen molar-refractivity contribution in [3.8, 4) is 11.3 Å². The van der Waals surface area contributed by atoms with Gasteiger partial charge in [-0.05, 0) is 38.0 Å². The predicted octanol–water partition coefficient (Wildman–Crippen LogP) is 2.65. The maximum absolute atomic E-state index is 5.57. The molecular weight excluding hydrogens is 392 g/mol. The fourth-order valence-corrected chi connectivity index (χ4v) is 4.60. The SMILES string of the molecule is Cc1cc(N2CCOCC2)c2nc(C3CC3)c(-c3ccc(N4CCOCC4)nc3)n2n1. The van der Waals surface area contributed by atoms with Gasteiger partial charge in [-0.1, -0.05) is 0 Å². The average Bonchev–Trinajstić information content (AvgIpc) is 3.60. The van der Waals surface area contributed by atoms with E-state index in [9.17, 15) is 0 Å². The van der Waals surface area contributed by atoms with Gasteiger partial charge >= 0.3 is 0 Å². The van der Waals surface area contributed by atoms with Gasteiger partial charge in [-0.25, -0.2) is 14.5 Å². The van der Waals surface area contributed by atoms with Gasteiger partial charge in [0.15, 0.2) is 5.65 Å². The van der Waals surface area contributed by atoms with E-state index in [1.54, 1.807) is 0 Å². The Labute approximate surface area is 181 Å². The monoisotopic (exact) mass is 420 g/mol. The summed E-state index contributed by atoms with van der Waals surface area (Å²) in [6.07, 6.45) is 4.38. The van der Waals surface area contributed by atoms with E-state index in [2.05, 4.69) is 39.4 Å². The number of aromatic nitrogens is 4. The zero-order valence-electron chi connectivity index (χ0n) is 18.0. The van der Waals surface area contributed by atoms with Gasteiger partial charge in [0.1, 0.15) is 5.82 Å². The van der Waals surface area contributed by atoms with Crippen LogP contribution >= 0.6 is 0 Å². The first-order valence-corrected chi connectivity index (χ1v) is 11.3. The Balaban J connectivity index is 1.44. The van der Waals surface area contributed by atoms with E-state index in [1.165, 1.54) is 12.8 Å². The molecule has 0 amide bonds. The van der Waals surface area contributed by atoms with Gasteiger partial charge in [0, 0.05) is 43.9 Å². The molecule has 8 nitrogen and oxygen atoms in total. The van der Waals surface area contributed by atoms with Crippen LogP contribution in [0, 0.1) is 6.92 Å². The molecule has 6 rings (SSSR count). The van der Waals surface area contributed by atoms with Crippen LogP contribution in [-0.4, -0.2) is 72.2 Å². The van der Waals surface area contributed by atoms with Crippen LogP contribution in [0.3, 0.4) is 0 Å². The number of anilines is 2. The van der Waals surface area contributed by atoms with E-state index >= 15 is 0 Å². The van der Waals surface area contributed by atoms with E-state index in [1.807, 2.05) is 6.20 Å². The van der Waals surface area contributed by atoms with Crippen LogP contribution in [0.2, 0.25) is 0 Å². The number of morpholine rings is 2. The predicted molar refractivity (Wildman–Crippen MR) is 119 cm³/mol.